The van der Waals surface area contributed by atoms with Crippen molar-refractivity contribution in [1.29, 1.82) is 0 Å². The van der Waals surface area contributed by atoms with E-state index in [1.54, 1.807) is 0 Å². The maximum absolute atomic E-state index is 7.10. The quantitative estimate of drug-likeness (QED) is 0.144. The fourth-order valence-corrected chi connectivity index (χ4v) is 10.3. The van der Waals surface area contributed by atoms with Crippen LogP contribution in [0.2, 0.25) is 0 Å². The molecule has 1 aliphatic heterocycles. The summed E-state index contributed by atoms with van der Waals surface area (Å²) in [6.45, 7) is 30.6. The summed E-state index contributed by atoms with van der Waals surface area (Å²) in [4.78, 5) is 9.97. The van der Waals surface area contributed by atoms with E-state index in [1.807, 2.05) is 6.20 Å². The van der Waals surface area contributed by atoms with Gasteiger partial charge in [0, 0.05) is 51.3 Å². The van der Waals surface area contributed by atoms with Gasteiger partial charge in [0.15, 0.2) is 0 Å². The highest BCUT2D eigenvalue weighted by molar-refractivity contribution is 6.09. The molecule has 71 heavy (non-hydrogen) atoms. The number of fused-ring (bicyclic) bond motifs is 4. The van der Waals surface area contributed by atoms with Crippen LogP contribution in [0.25, 0.3) is 27.6 Å². The Kier molecular flexibility index (Phi) is 11.6. The van der Waals surface area contributed by atoms with Crippen molar-refractivity contribution in [3.8, 4) is 17.3 Å². The minimum atomic E-state index is -0.235. The van der Waals surface area contributed by atoms with Crippen molar-refractivity contribution in [2.45, 2.75) is 117 Å². The van der Waals surface area contributed by atoms with Gasteiger partial charge >= 0.3 is 0 Å². The molecule has 2 aromatic heterocycles. The molecule has 9 aromatic rings. The Morgan fingerprint density at radius 3 is 1.58 bits per heavy atom. The molecule has 0 atom stereocenters. The van der Waals surface area contributed by atoms with Crippen LogP contribution in [-0.2, 0) is 27.1 Å². The topological polar surface area (TPSA) is 33.5 Å². The van der Waals surface area contributed by atoms with E-state index in [9.17, 15) is 0 Å². The molecule has 0 saturated heterocycles. The van der Waals surface area contributed by atoms with Gasteiger partial charge in [0.05, 0.1) is 22.4 Å². The first-order valence-electron chi connectivity index (χ1n) is 25.4. The highest BCUT2D eigenvalue weighted by Crippen LogP contribution is 2.50. The van der Waals surface area contributed by atoms with Gasteiger partial charge in [-0.3, -0.25) is 4.57 Å². The van der Waals surface area contributed by atoms with E-state index in [-0.39, 0.29) is 27.1 Å². The average molecular weight is 935 g/mol. The standard InChI is InChI=1S/C66H70N4O/c1-62(2,3)46-32-33-67-61(40-46)70-57-27-21-20-26-55(57)56-30-29-53(42-59(56)70)71-54-38-49(64(7,8)9)36-52(41-54)69-43-68(58-31-28-47(39-60(58)69)65(10,11)44-22-16-14-17-23-44)51-35-48(63(4,5)6)34-50(37-51)66(12,13)45-24-18-15-19-25-45/h14-42H,43H2,1-13H3. The lowest BCUT2D eigenvalue weighted by molar-refractivity contribution is 0.479. The summed E-state index contributed by atoms with van der Waals surface area (Å²) >= 11 is 0. The molecule has 0 amide bonds. The number of hydrogen-bond acceptors (Lipinski definition) is 4. The average Bonchev–Trinajstić information content (AvgIpc) is 3.89. The normalized spacial score (nSPS) is 13.6. The first-order chi connectivity index (χ1) is 33.6. The van der Waals surface area contributed by atoms with Crippen molar-refractivity contribution in [3.05, 3.63) is 215 Å². The summed E-state index contributed by atoms with van der Waals surface area (Å²) in [6, 6.07) is 62.6. The monoisotopic (exact) mass is 935 g/mol. The number of ether oxygens (including phenoxy) is 1. The van der Waals surface area contributed by atoms with Crippen LogP contribution in [0.3, 0.4) is 0 Å². The number of rotatable bonds is 9. The lowest BCUT2D eigenvalue weighted by Crippen LogP contribution is -2.26. The van der Waals surface area contributed by atoms with Gasteiger partial charge in [0.2, 0.25) is 0 Å². The van der Waals surface area contributed by atoms with Gasteiger partial charge in [0.1, 0.15) is 24.0 Å². The van der Waals surface area contributed by atoms with E-state index >= 15 is 0 Å². The maximum Gasteiger partial charge on any atom is 0.137 e. The fraction of sp³-hybridized carbons (Fsp3) is 0.288. The van der Waals surface area contributed by atoms with E-state index in [2.05, 4.69) is 274 Å². The molecule has 3 heterocycles. The van der Waals surface area contributed by atoms with Crippen LogP contribution in [-0.4, -0.2) is 16.2 Å². The van der Waals surface area contributed by atoms with E-state index in [0.29, 0.717) is 6.67 Å². The van der Waals surface area contributed by atoms with Gasteiger partial charge in [-0.15, -0.1) is 0 Å². The Morgan fingerprint density at radius 1 is 0.380 bits per heavy atom. The van der Waals surface area contributed by atoms with E-state index in [4.69, 9.17) is 9.72 Å². The van der Waals surface area contributed by atoms with Crippen LogP contribution in [0.15, 0.2) is 176 Å². The first-order valence-corrected chi connectivity index (χ1v) is 25.4. The van der Waals surface area contributed by atoms with E-state index < -0.39 is 0 Å². The predicted molar refractivity (Wildman–Crippen MR) is 300 cm³/mol. The Hall–Kier alpha value is -7.11. The Morgan fingerprint density at radius 2 is 0.930 bits per heavy atom. The van der Waals surface area contributed by atoms with Crippen molar-refractivity contribution < 1.29 is 4.74 Å². The maximum atomic E-state index is 7.10. The Balaban J connectivity index is 1.12. The van der Waals surface area contributed by atoms with Gasteiger partial charge in [-0.25, -0.2) is 4.98 Å². The lowest BCUT2D eigenvalue weighted by atomic mass is 9.75. The zero-order chi connectivity index (χ0) is 50.3. The molecular weight excluding hydrogens is 865 g/mol. The number of benzene rings is 7. The van der Waals surface area contributed by atoms with Crippen LogP contribution < -0.4 is 14.5 Å². The fourth-order valence-electron chi connectivity index (χ4n) is 10.3. The number of aromatic nitrogens is 2. The Labute approximate surface area is 422 Å². The van der Waals surface area contributed by atoms with E-state index in [1.165, 1.54) is 61.4 Å². The molecule has 5 nitrogen and oxygen atoms in total. The SMILES string of the molecule is CC(C)(C)c1cc(Oc2ccc3c4ccccc4n(-c4cc(C(C)(C)C)ccn4)c3c2)cc(N2CN(c3cc(C(C)(C)C)cc(C(C)(C)c4ccccc4)c3)c3ccc(C(C)(C)c4ccccc4)cc32)c1. The minimum Gasteiger partial charge on any atom is -0.457 e. The third kappa shape index (κ3) is 8.90. The summed E-state index contributed by atoms with van der Waals surface area (Å²) < 4.78 is 9.38. The summed E-state index contributed by atoms with van der Waals surface area (Å²) in [5.74, 6) is 2.46. The molecule has 5 heteroatoms. The summed E-state index contributed by atoms with van der Waals surface area (Å²) in [6.07, 6.45) is 1.94. The largest absolute Gasteiger partial charge is 0.457 e. The molecule has 0 N–H and O–H groups in total. The summed E-state index contributed by atoms with van der Waals surface area (Å²) in [5, 5.41) is 2.35. The smallest absolute Gasteiger partial charge is 0.137 e. The number of anilines is 4. The molecule has 7 aromatic carbocycles. The third-order valence-corrected chi connectivity index (χ3v) is 15.2. The molecule has 0 fully saturated rings. The molecule has 0 aliphatic carbocycles. The first kappa shape index (κ1) is 47.6. The van der Waals surface area contributed by atoms with Crippen molar-refractivity contribution in [2.75, 3.05) is 16.5 Å². The zero-order valence-electron chi connectivity index (χ0n) is 44.1. The van der Waals surface area contributed by atoms with Crippen LogP contribution in [0.5, 0.6) is 11.5 Å². The molecule has 10 rings (SSSR count). The van der Waals surface area contributed by atoms with Crippen LogP contribution in [0.1, 0.15) is 129 Å². The van der Waals surface area contributed by atoms with Crippen molar-refractivity contribution in [1.82, 2.24) is 9.55 Å². The lowest BCUT2D eigenvalue weighted by Gasteiger charge is -2.32. The molecule has 0 saturated carbocycles. The number of nitrogens with zero attached hydrogens (tertiary/aromatic N) is 4. The molecule has 0 unspecified atom stereocenters. The number of pyridine rings is 1. The summed E-state index contributed by atoms with van der Waals surface area (Å²) in [7, 11) is 0. The Bertz CT molecular complexity index is 3430. The second-order valence-electron chi connectivity index (χ2n) is 24.0. The van der Waals surface area contributed by atoms with Crippen LogP contribution >= 0.6 is 0 Å². The number of para-hydroxylation sites is 1. The van der Waals surface area contributed by atoms with Crippen molar-refractivity contribution in [3.63, 3.8) is 0 Å². The molecular formula is C66H70N4O. The molecule has 0 bridgehead atoms. The van der Waals surface area contributed by atoms with E-state index in [0.717, 1.165) is 39.4 Å². The van der Waals surface area contributed by atoms with Crippen molar-refractivity contribution in [2.24, 2.45) is 0 Å². The second-order valence-corrected chi connectivity index (χ2v) is 24.0. The van der Waals surface area contributed by atoms with Crippen LogP contribution in [0, 0.1) is 0 Å². The van der Waals surface area contributed by atoms with Gasteiger partial charge in [-0.1, -0.05) is 181 Å². The van der Waals surface area contributed by atoms with Gasteiger partial charge in [-0.05, 0) is 122 Å². The number of hydrogen-bond donors (Lipinski definition) is 0. The highest BCUT2D eigenvalue weighted by atomic mass is 16.5. The zero-order valence-corrected chi connectivity index (χ0v) is 44.1. The minimum absolute atomic E-state index is 0.0221. The van der Waals surface area contributed by atoms with Gasteiger partial charge in [-0.2, -0.15) is 0 Å². The third-order valence-electron chi connectivity index (χ3n) is 15.2. The van der Waals surface area contributed by atoms with Gasteiger partial charge < -0.3 is 14.5 Å². The summed E-state index contributed by atoms with van der Waals surface area (Å²) in [5.41, 5.74) is 15.0. The molecule has 1 aliphatic rings. The predicted octanol–water partition coefficient (Wildman–Crippen LogP) is 17.8. The van der Waals surface area contributed by atoms with Crippen LogP contribution in [0.4, 0.5) is 22.7 Å². The van der Waals surface area contributed by atoms with Gasteiger partial charge in [0.25, 0.3) is 0 Å². The molecule has 0 spiro atoms. The molecule has 360 valence electrons. The molecule has 0 radical (unpaired) electrons. The van der Waals surface area contributed by atoms with Crippen molar-refractivity contribution >= 4 is 44.6 Å². The second kappa shape index (κ2) is 17.3. The highest BCUT2D eigenvalue weighted by Gasteiger charge is 2.35.